The zero-order valence-electron chi connectivity index (χ0n) is 11.7. The second-order valence-electron chi connectivity index (χ2n) is 4.40. The van der Waals surface area contributed by atoms with Crippen LogP contribution in [0.5, 0.6) is 0 Å². The molecule has 0 heterocycles. The fourth-order valence-corrected chi connectivity index (χ4v) is 1.89. The van der Waals surface area contributed by atoms with Gasteiger partial charge in [-0.05, 0) is 48.9 Å². The van der Waals surface area contributed by atoms with Crippen molar-refractivity contribution in [3.8, 4) is 0 Å². The van der Waals surface area contributed by atoms with E-state index in [2.05, 4.69) is 10.6 Å². The van der Waals surface area contributed by atoms with E-state index in [1.807, 2.05) is 48.5 Å². The molecule has 0 aromatic heterocycles. The van der Waals surface area contributed by atoms with E-state index in [4.69, 9.17) is 16.3 Å². The van der Waals surface area contributed by atoms with Gasteiger partial charge in [0.1, 0.15) is 0 Å². The number of carbonyl (C=O) groups excluding carboxylic acids is 1. The standard InChI is InChI=1S/C16H17ClN2O2/c1-2-21-16(20)19-15-9-7-14(8-10-15)18-11-12-3-5-13(17)6-4-12/h3-10,18H,2,11H2,1H3,(H,19,20). The summed E-state index contributed by atoms with van der Waals surface area (Å²) in [7, 11) is 0. The molecule has 5 heteroatoms. The molecule has 2 aromatic rings. The summed E-state index contributed by atoms with van der Waals surface area (Å²) in [6, 6.07) is 15.1. The van der Waals surface area contributed by atoms with E-state index in [-0.39, 0.29) is 0 Å². The van der Waals surface area contributed by atoms with Crippen LogP contribution in [0.3, 0.4) is 0 Å². The maximum Gasteiger partial charge on any atom is 0.411 e. The Morgan fingerprint density at radius 1 is 1.05 bits per heavy atom. The van der Waals surface area contributed by atoms with Gasteiger partial charge < -0.3 is 10.1 Å². The van der Waals surface area contributed by atoms with Crippen LogP contribution < -0.4 is 10.6 Å². The Morgan fingerprint density at radius 2 is 1.67 bits per heavy atom. The minimum Gasteiger partial charge on any atom is -0.450 e. The molecule has 0 saturated heterocycles. The topological polar surface area (TPSA) is 50.4 Å². The van der Waals surface area contributed by atoms with E-state index in [0.717, 1.165) is 16.3 Å². The van der Waals surface area contributed by atoms with Gasteiger partial charge in [-0.2, -0.15) is 0 Å². The van der Waals surface area contributed by atoms with Gasteiger partial charge in [-0.15, -0.1) is 0 Å². The fraction of sp³-hybridized carbons (Fsp3) is 0.188. The molecule has 1 amide bonds. The third-order valence-corrected chi connectivity index (χ3v) is 3.07. The second kappa shape index (κ2) is 7.55. The van der Waals surface area contributed by atoms with Gasteiger partial charge >= 0.3 is 6.09 Å². The first-order valence-corrected chi connectivity index (χ1v) is 7.07. The van der Waals surface area contributed by atoms with Crippen molar-refractivity contribution in [1.82, 2.24) is 0 Å². The molecule has 0 spiro atoms. The number of nitrogens with one attached hydrogen (secondary N) is 2. The Morgan fingerprint density at radius 3 is 2.29 bits per heavy atom. The summed E-state index contributed by atoms with van der Waals surface area (Å²) < 4.78 is 4.81. The third-order valence-electron chi connectivity index (χ3n) is 2.82. The van der Waals surface area contributed by atoms with Crippen molar-refractivity contribution in [1.29, 1.82) is 0 Å². The van der Waals surface area contributed by atoms with Crippen LogP contribution in [0.4, 0.5) is 16.2 Å². The van der Waals surface area contributed by atoms with Crippen LogP contribution in [-0.2, 0) is 11.3 Å². The Labute approximate surface area is 129 Å². The summed E-state index contributed by atoms with van der Waals surface area (Å²) in [5, 5.41) is 6.68. The number of benzene rings is 2. The lowest BCUT2D eigenvalue weighted by Crippen LogP contribution is -2.13. The van der Waals surface area contributed by atoms with E-state index < -0.39 is 6.09 Å². The third kappa shape index (κ3) is 5.00. The number of anilines is 2. The number of hydrogen-bond donors (Lipinski definition) is 2. The van der Waals surface area contributed by atoms with Crippen molar-refractivity contribution in [3.05, 3.63) is 59.1 Å². The predicted molar refractivity (Wildman–Crippen MR) is 85.9 cm³/mol. The highest BCUT2D eigenvalue weighted by Crippen LogP contribution is 2.15. The van der Waals surface area contributed by atoms with Crippen molar-refractivity contribution < 1.29 is 9.53 Å². The van der Waals surface area contributed by atoms with E-state index in [0.29, 0.717) is 18.8 Å². The number of rotatable bonds is 5. The molecule has 110 valence electrons. The summed E-state index contributed by atoms with van der Waals surface area (Å²) in [6.45, 7) is 2.83. The monoisotopic (exact) mass is 304 g/mol. The molecule has 4 nitrogen and oxygen atoms in total. The minimum atomic E-state index is -0.445. The SMILES string of the molecule is CCOC(=O)Nc1ccc(NCc2ccc(Cl)cc2)cc1. The van der Waals surface area contributed by atoms with Gasteiger partial charge in [0.05, 0.1) is 6.61 Å². The molecule has 0 bridgehead atoms. The van der Waals surface area contributed by atoms with E-state index in [1.54, 1.807) is 6.92 Å². The summed E-state index contributed by atoms with van der Waals surface area (Å²) in [6.07, 6.45) is -0.445. The van der Waals surface area contributed by atoms with Crippen molar-refractivity contribution >= 4 is 29.1 Å². The number of hydrogen-bond acceptors (Lipinski definition) is 3. The van der Waals surface area contributed by atoms with Gasteiger partial charge in [0.15, 0.2) is 0 Å². The number of ether oxygens (including phenoxy) is 1. The van der Waals surface area contributed by atoms with E-state index in [9.17, 15) is 4.79 Å². The van der Waals surface area contributed by atoms with Gasteiger partial charge in [-0.3, -0.25) is 5.32 Å². The van der Waals surface area contributed by atoms with Crippen LogP contribution in [0.1, 0.15) is 12.5 Å². The second-order valence-corrected chi connectivity index (χ2v) is 4.84. The summed E-state index contributed by atoms with van der Waals surface area (Å²) in [5.41, 5.74) is 2.82. The van der Waals surface area contributed by atoms with Crippen molar-refractivity contribution in [3.63, 3.8) is 0 Å². The van der Waals surface area contributed by atoms with Gasteiger partial charge in [-0.1, -0.05) is 23.7 Å². The molecule has 0 saturated carbocycles. The first-order chi connectivity index (χ1) is 10.2. The van der Waals surface area contributed by atoms with Crippen LogP contribution in [0.15, 0.2) is 48.5 Å². The molecule has 0 aliphatic heterocycles. The lowest BCUT2D eigenvalue weighted by Gasteiger charge is -2.09. The number of halogens is 1. The Kier molecular flexibility index (Phi) is 5.46. The average Bonchev–Trinajstić information content (AvgIpc) is 2.48. The van der Waals surface area contributed by atoms with E-state index in [1.165, 1.54) is 0 Å². The summed E-state index contributed by atoms with van der Waals surface area (Å²) in [5.74, 6) is 0. The maximum absolute atomic E-state index is 11.3. The number of amides is 1. The van der Waals surface area contributed by atoms with Crippen LogP contribution in [0, 0.1) is 0 Å². The molecule has 21 heavy (non-hydrogen) atoms. The molecule has 0 unspecified atom stereocenters. The van der Waals surface area contributed by atoms with Crippen LogP contribution in [0.2, 0.25) is 5.02 Å². The zero-order chi connectivity index (χ0) is 15.1. The van der Waals surface area contributed by atoms with Crippen LogP contribution in [0.25, 0.3) is 0 Å². The molecular formula is C16H17ClN2O2. The lowest BCUT2D eigenvalue weighted by atomic mass is 10.2. The quantitative estimate of drug-likeness (QED) is 0.854. The summed E-state index contributed by atoms with van der Waals surface area (Å²) >= 11 is 5.85. The van der Waals surface area contributed by atoms with Crippen molar-refractivity contribution in [2.45, 2.75) is 13.5 Å². The molecule has 0 aliphatic rings. The molecule has 0 aliphatic carbocycles. The van der Waals surface area contributed by atoms with Gasteiger partial charge in [-0.25, -0.2) is 4.79 Å². The highest BCUT2D eigenvalue weighted by Gasteiger charge is 2.01. The molecule has 0 fully saturated rings. The minimum absolute atomic E-state index is 0.354. The average molecular weight is 305 g/mol. The Bertz CT molecular complexity index is 582. The predicted octanol–water partition coefficient (Wildman–Crippen LogP) is 4.52. The van der Waals surface area contributed by atoms with Crippen molar-refractivity contribution in [2.24, 2.45) is 0 Å². The zero-order valence-corrected chi connectivity index (χ0v) is 12.5. The molecule has 2 rings (SSSR count). The van der Waals surface area contributed by atoms with Gasteiger partial charge in [0, 0.05) is 22.9 Å². The van der Waals surface area contributed by atoms with Gasteiger partial charge in [0.25, 0.3) is 0 Å². The molecule has 0 radical (unpaired) electrons. The molecule has 2 aromatic carbocycles. The molecule has 0 atom stereocenters. The summed E-state index contributed by atoms with van der Waals surface area (Å²) in [4.78, 5) is 11.3. The Balaban J connectivity index is 1.87. The van der Waals surface area contributed by atoms with Gasteiger partial charge in [0.2, 0.25) is 0 Å². The lowest BCUT2D eigenvalue weighted by molar-refractivity contribution is 0.168. The Hall–Kier alpha value is -2.20. The molecular weight excluding hydrogens is 288 g/mol. The van der Waals surface area contributed by atoms with Crippen molar-refractivity contribution in [2.75, 3.05) is 17.2 Å². The van der Waals surface area contributed by atoms with Crippen LogP contribution in [-0.4, -0.2) is 12.7 Å². The first-order valence-electron chi connectivity index (χ1n) is 6.69. The largest absolute Gasteiger partial charge is 0.450 e. The normalized spacial score (nSPS) is 10.0. The molecule has 2 N–H and O–H groups in total. The fourth-order valence-electron chi connectivity index (χ4n) is 1.76. The smallest absolute Gasteiger partial charge is 0.411 e. The van der Waals surface area contributed by atoms with E-state index >= 15 is 0 Å². The highest BCUT2D eigenvalue weighted by atomic mass is 35.5. The van der Waals surface area contributed by atoms with Crippen LogP contribution >= 0.6 is 11.6 Å². The number of carbonyl (C=O) groups is 1. The highest BCUT2D eigenvalue weighted by molar-refractivity contribution is 6.30. The maximum atomic E-state index is 11.3. The first kappa shape index (κ1) is 15.2.